The summed E-state index contributed by atoms with van der Waals surface area (Å²) in [7, 11) is 1.52. The van der Waals surface area contributed by atoms with Gasteiger partial charge in [0.2, 0.25) is 0 Å². The van der Waals surface area contributed by atoms with Crippen LogP contribution < -0.4 is 27.8 Å². The molecule has 1 aliphatic carbocycles. The molecule has 0 aromatic heterocycles. The maximum Gasteiger partial charge on any atom is 0.363 e. The van der Waals surface area contributed by atoms with Crippen LogP contribution in [0.5, 0.6) is 0 Å². The van der Waals surface area contributed by atoms with Gasteiger partial charge < -0.3 is 82.3 Å². The highest BCUT2D eigenvalue weighted by Gasteiger charge is 2.53. The number of urea groups is 1. The van der Waals surface area contributed by atoms with Gasteiger partial charge in [-0.25, -0.2) is 9.59 Å². The van der Waals surface area contributed by atoms with Crippen LogP contribution in [0.1, 0.15) is 23.7 Å². The maximum absolute atomic E-state index is 13.5. The van der Waals surface area contributed by atoms with E-state index in [-0.39, 0.29) is 38.2 Å². The van der Waals surface area contributed by atoms with Gasteiger partial charge in [0.05, 0.1) is 30.8 Å². The molecule has 3 fully saturated rings. The minimum absolute atomic E-state index is 0.0837. The molecule has 272 valence electrons. The van der Waals surface area contributed by atoms with Crippen molar-refractivity contribution in [3.05, 3.63) is 35.9 Å². The number of carbonyl (C=O) groups excluding carboxylic acids is 2. The maximum atomic E-state index is 13.5. The fraction of sp³-hybridized carbons (Fsp3) is 0.724. The lowest BCUT2D eigenvalue weighted by Crippen LogP contribution is -2.70. The third-order valence-corrected chi connectivity index (χ3v) is 8.71. The van der Waals surface area contributed by atoms with Crippen LogP contribution in [0, 0.1) is 0 Å². The van der Waals surface area contributed by atoms with E-state index in [2.05, 4.69) is 10.6 Å². The molecular formula is C29H48N6O13. The number of hydrogen-bond donors (Lipinski definition) is 11. The van der Waals surface area contributed by atoms with Gasteiger partial charge in [-0.05, 0) is 32.5 Å². The first-order chi connectivity index (χ1) is 22.7. The van der Waals surface area contributed by atoms with Crippen LogP contribution in [0.15, 0.2) is 30.3 Å². The first-order valence-corrected chi connectivity index (χ1v) is 15.6. The minimum Gasteiger partial charge on any atom is -0.388 e. The van der Waals surface area contributed by atoms with Crippen molar-refractivity contribution in [2.24, 2.45) is 17.2 Å². The average molecular weight is 689 g/mol. The van der Waals surface area contributed by atoms with E-state index in [1.807, 2.05) is 0 Å². The zero-order chi connectivity index (χ0) is 35.3. The van der Waals surface area contributed by atoms with Gasteiger partial charge in [0.15, 0.2) is 12.6 Å². The van der Waals surface area contributed by atoms with E-state index < -0.39 is 97.1 Å². The summed E-state index contributed by atoms with van der Waals surface area (Å²) in [5.41, 5.74) is 16.4. The summed E-state index contributed by atoms with van der Waals surface area (Å²) in [6.45, 7) is 0.653. The number of ether oxygens (including phenoxy) is 4. The van der Waals surface area contributed by atoms with E-state index >= 15 is 0 Å². The van der Waals surface area contributed by atoms with Gasteiger partial charge >= 0.3 is 12.0 Å². The van der Waals surface area contributed by atoms with Crippen molar-refractivity contribution in [1.29, 1.82) is 0 Å². The predicted octanol–water partition coefficient (Wildman–Crippen LogP) is -5.22. The molecular weight excluding hydrogens is 640 g/mol. The summed E-state index contributed by atoms with van der Waals surface area (Å²) in [5, 5.41) is 70.6. The topological polar surface area (TPSA) is 307 Å². The second-order valence-electron chi connectivity index (χ2n) is 12.3. The number of amides is 2. The third-order valence-electron chi connectivity index (χ3n) is 8.71. The Labute approximate surface area is 276 Å². The van der Waals surface area contributed by atoms with E-state index in [0.717, 1.165) is 0 Å². The SMILES string of the molecule is CN[C@@H]1[C@@H](O)[C@@H](O[C@H]2[C@H](NC(=O)N(CCN)OC(=O)c3ccccc3)C[C@H](N)C(O[C@H]3O[C@H](CN)[C@@H](O)[C@H](O)[C@H]3O)[C@@H]2O)OC[C@]1(C)O. The van der Waals surface area contributed by atoms with Crippen molar-refractivity contribution in [1.82, 2.24) is 15.7 Å². The number of hydrogen-bond acceptors (Lipinski definition) is 17. The Morgan fingerprint density at radius 1 is 0.979 bits per heavy atom. The monoisotopic (exact) mass is 688 g/mol. The molecule has 19 heteroatoms. The molecule has 19 nitrogen and oxygen atoms in total. The van der Waals surface area contributed by atoms with Gasteiger partial charge in [0, 0.05) is 19.1 Å². The summed E-state index contributed by atoms with van der Waals surface area (Å²) in [6, 6.07) is 3.86. The Bertz CT molecular complexity index is 1200. The molecule has 0 bridgehead atoms. The Morgan fingerprint density at radius 3 is 2.27 bits per heavy atom. The number of rotatable bonds is 10. The molecule has 1 saturated carbocycles. The molecule has 0 radical (unpaired) electrons. The van der Waals surface area contributed by atoms with E-state index in [1.54, 1.807) is 18.2 Å². The molecule has 14 N–H and O–H groups in total. The average Bonchev–Trinajstić information content (AvgIpc) is 3.05. The van der Waals surface area contributed by atoms with Crippen LogP contribution in [0.3, 0.4) is 0 Å². The molecule has 3 aliphatic rings. The first kappa shape index (κ1) is 38.2. The van der Waals surface area contributed by atoms with Crippen molar-refractivity contribution < 1.29 is 64.0 Å². The number of carbonyl (C=O) groups is 2. The zero-order valence-corrected chi connectivity index (χ0v) is 26.6. The highest BCUT2D eigenvalue weighted by atomic mass is 16.7. The van der Waals surface area contributed by atoms with Gasteiger partial charge in [0.25, 0.3) is 0 Å². The highest BCUT2D eigenvalue weighted by Crippen LogP contribution is 2.32. The lowest BCUT2D eigenvalue weighted by molar-refractivity contribution is -0.330. The fourth-order valence-corrected chi connectivity index (χ4v) is 6.10. The first-order valence-electron chi connectivity index (χ1n) is 15.6. The number of nitrogens with one attached hydrogen (secondary N) is 2. The third kappa shape index (κ3) is 8.40. The standard InChI is InChI=1S/C29H48N6O13/c1-29(43)12-44-26(21(40)24(29)33-2)47-23-15(34-28(42)35(9-8-30)48-25(41)13-6-4-3-5-7-13)10-14(32)22(20(23)39)46-27-19(38)18(37)17(36)16(11-31)45-27/h3-7,14-24,26-27,33,36-40,43H,8-12,30-32H2,1-2H3,(H,34,42)/t14-,15+,16+,17+,18-,19+,20-,21+,22?,23-,24+,26+,27+,29-/m0/s1. The Hall–Kier alpha value is -2.60. The number of likely N-dealkylation sites (N-methyl/N-ethyl adjacent to an activating group) is 1. The van der Waals surface area contributed by atoms with Crippen LogP contribution in [0.25, 0.3) is 0 Å². The Kier molecular flexibility index (Phi) is 13.1. The number of benzene rings is 1. The lowest BCUT2D eigenvalue weighted by atomic mass is 9.83. The van der Waals surface area contributed by atoms with Crippen LogP contribution in [0.2, 0.25) is 0 Å². The molecule has 14 atom stereocenters. The van der Waals surface area contributed by atoms with Crippen LogP contribution >= 0.6 is 0 Å². The highest BCUT2D eigenvalue weighted by molar-refractivity contribution is 5.90. The van der Waals surface area contributed by atoms with Gasteiger partial charge in [-0.2, -0.15) is 5.06 Å². The predicted molar refractivity (Wildman–Crippen MR) is 163 cm³/mol. The van der Waals surface area contributed by atoms with E-state index in [9.17, 15) is 40.2 Å². The molecule has 0 spiro atoms. The van der Waals surface area contributed by atoms with Gasteiger partial charge in [0.1, 0.15) is 54.4 Å². The molecule has 1 aromatic rings. The molecule has 4 rings (SSSR count). The van der Waals surface area contributed by atoms with Crippen molar-refractivity contribution in [2.75, 3.05) is 33.3 Å². The van der Waals surface area contributed by atoms with E-state index in [0.29, 0.717) is 5.06 Å². The van der Waals surface area contributed by atoms with Gasteiger partial charge in [-0.1, -0.05) is 18.2 Å². The van der Waals surface area contributed by atoms with Gasteiger partial charge in [-0.3, -0.25) is 0 Å². The number of nitrogens with zero attached hydrogens (tertiary/aromatic N) is 1. The Balaban J connectivity index is 1.57. The number of hydroxylamine groups is 2. The van der Waals surface area contributed by atoms with Crippen molar-refractivity contribution in [2.45, 2.75) is 98.5 Å². The molecule has 1 aromatic carbocycles. The summed E-state index contributed by atoms with van der Waals surface area (Å²) in [4.78, 5) is 31.5. The van der Waals surface area contributed by atoms with E-state index in [1.165, 1.54) is 26.1 Å². The number of aliphatic hydroxyl groups excluding tert-OH is 5. The fourth-order valence-electron chi connectivity index (χ4n) is 6.10. The molecule has 2 saturated heterocycles. The second-order valence-corrected chi connectivity index (χ2v) is 12.3. The normalized spacial score (nSPS) is 40.2. The second kappa shape index (κ2) is 16.4. The lowest BCUT2D eigenvalue weighted by Gasteiger charge is -2.49. The molecule has 1 unspecified atom stereocenters. The smallest absolute Gasteiger partial charge is 0.363 e. The zero-order valence-electron chi connectivity index (χ0n) is 26.6. The van der Waals surface area contributed by atoms with Crippen molar-refractivity contribution in [3.8, 4) is 0 Å². The Morgan fingerprint density at radius 2 is 1.65 bits per heavy atom. The summed E-state index contributed by atoms with van der Waals surface area (Å²) in [6.07, 6.45) is -15.3. The van der Waals surface area contributed by atoms with E-state index in [4.69, 9.17) is 41.0 Å². The van der Waals surface area contributed by atoms with Crippen molar-refractivity contribution >= 4 is 12.0 Å². The van der Waals surface area contributed by atoms with Gasteiger partial charge in [-0.15, -0.1) is 0 Å². The number of nitrogens with two attached hydrogens (primary N) is 3. The van der Waals surface area contributed by atoms with Crippen LogP contribution in [0.4, 0.5) is 4.79 Å². The molecule has 2 aliphatic heterocycles. The molecule has 2 amide bonds. The summed E-state index contributed by atoms with van der Waals surface area (Å²) in [5.74, 6) is -0.834. The quantitative estimate of drug-likeness (QED) is 0.102. The molecule has 2 heterocycles. The number of aliphatic hydroxyl groups is 6. The van der Waals surface area contributed by atoms with Crippen LogP contribution in [-0.4, -0.2) is 166 Å². The molecule has 48 heavy (non-hydrogen) atoms. The summed E-state index contributed by atoms with van der Waals surface area (Å²) >= 11 is 0. The van der Waals surface area contributed by atoms with Crippen molar-refractivity contribution in [3.63, 3.8) is 0 Å². The van der Waals surface area contributed by atoms with Crippen LogP contribution in [-0.2, 0) is 23.8 Å². The minimum atomic E-state index is -1.76. The summed E-state index contributed by atoms with van der Waals surface area (Å²) < 4.78 is 23.1. The largest absolute Gasteiger partial charge is 0.388 e.